The van der Waals surface area contributed by atoms with Crippen molar-refractivity contribution >= 4 is 23.2 Å². The number of carbonyl (C=O) groups excluding carboxylic acids is 1. The molecule has 0 atom stereocenters. The van der Waals surface area contributed by atoms with Crippen LogP contribution < -0.4 is 10.6 Å². The van der Waals surface area contributed by atoms with Gasteiger partial charge in [0, 0.05) is 95.0 Å². The molecule has 0 amide bonds. The summed E-state index contributed by atoms with van der Waals surface area (Å²) in [5.41, 5.74) is 1.76. The van der Waals surface area contributed by atoms with Crippen LogP contribution in [-0.4, -0.2) is 113 Å². The van der Waals surface area contributed by atoms with Crippen LogP contribution in [0.4, 0.5) is 30.6 Å². The molecule has 14 heteroatoms. The molecule has 0 bridgehead atoms. The third-order valence-electron chi connectivity index (χ3n) is 9.02. The number of benzene rings is 2. The molecule has 6 rings (SSSR count). The molecule has 260 valence electrons. The number of Topliss-reactive ketones (excluding diaryl/α,β-unsaturated/α-hetero) is 1. The highest BCUT2D eigenvalue weighted by Gasteiger charge is 2.34. The first-order valence-electron chi connectivity index (χ1n) is 16.5. The lowest BCUT2D eigenvalue weighted by Crippen LogP contribution is -2.44. The van der Waals surface area contributed by atoms with Crippen LogP contribution in [0.25, 0.3) is 5.82 Å². The van der Waals surface area contributed by atoms with Gasteiger partial charge in [-0.3, -0.25) is 19.2 Å². The molecule has 2 aromatic heterocycles. The number of hydrogen-bond donors (Lipinski definition) is 2. The number of halogens is 3. The lowest BCUT2D eigenvalue weighted by Gasteiger charge is -2.33. The Balaban J connectivity index is 1.13. The van der Waals surface area contributed by atoms with Gasteiger partial charge >= 0.3 is 6.18 Å². The van der Waals surface area contributed by atoms with E-state index in [0.717, 1.165) is 64.1 Å². The second-order valence-corrected chi connectivity index (χ2v) is 12.6. The van der Waals surface area contributed by atoms with E-state index in [0.29, 0.717) is 47.5 Å². The van der Waals surface area contributed by atoms with Crippen molar-refractivity contribution in [3.8, 4) is 5.82 Å². The molecule has 4 aromatic rings. The smallest absolute Gasteiger partial charge is 0.379 e. The Labute approximate surface area is 284 Å². The number of rotatable bonds is 12. The standard InChI is InChI=1S/C35H42F3N9O2/c1-25-3-5-27(31(48)20-26-4-6-28(29(19-26)35(36,37)38)23-46-13-11-44(2)12-14-46)21-30(25)43-34-40-8-10-47(34)33-22-32(41-24-42-33)39-7-9-45-15-17-49-18-16-45/h3-6,8,10,19,21-22,24H,7,9,11-18,20,23H2,1-2H3,(H,40,43)(H,39,41,42). The Morgan fingerprint density at radius 1 is 0.939 bits per heavy atom. The lowest BCUT2D eigenvalue weighted by atomic mass is 9.97. The lowest BCUT2D eigenvalue weighted by molar-refractivity contribution is -0.138. The van der Waals surface area contributed by atoms with E-state index in [1.807, 2.05) is 31.0 Å². The largest absolute Gasteiger partial charge is 0.416 e. The van der Waals surface area contributed by atoms with Crippen LogP contribution in [-0.2, 0) is 23.9 Å². The number of ketones is 1. The van der Waals surface area contributed by atoms with E-state index in [9.17, 15) is 18.0 Å². The van der Waals surface area contributed by atoms with Gasteiger partial charge in [-0.1, -0.05) is 24.3 Å². The molecule has 49 heavy (non-hydrogen) atoms. The zero-order valence-electron chi connectivity index (χ0n) is 27.8. The number of imidazole rings is 1. The van der Waals surface area contributed by atoms with Gasteiger partial charge in [0.25, 0.3) is 0 Å². The van der Waals surface area contributed by atoms with E-state index in [1.165, 1.54) is 12.4 Å². The normalized spacial score (nSPS) is 16.5. The Morgan fingerprint density at radius 2 is 1.73 bits per heavy atom. The summed E-state index contributed by atoms with van der Waals surface area (Å²) >= 11 is 0. The third kappa shape index (κ3) is 9.01. The summed E-state index contributed by atoms with van der Waals surface area (Å²) < 4.78 is 49.6. The van der Waals surface area contributed by atoms with Gasteiger partial charge in [-0.25, -0.2) is 15.0 Å². The summed E-state index contributed by atoms with van der Waals surface area (Å²) in [6, 6.07) is 11.3. The molecule has 2 aliphatic heterocycles. The first-order valence-corrected chi connectivity index (χ1v) is 16.5. The van der Waals surface area contributed by atoms with Crippen molar-refractivity contribution in [1.29, 1.82) is 0 Å². The fraction of sp³-hybridized carbons (Fsp3) is 0.429. The summed E-state index contributed by atoms with van der Waals surface area (Å²) in [6.45, 7) is 10.1. The summed E-state index contributed by atoms with van der Waals surface area (Å²) in [7, 11) is 2.01. The van der Waals surface area contributed by atoms with Crippen LogP contribution in [0.2, 0.25) is 0 Å². The number of carbonyl (C=O) groups is 1. The summed E-state index contributed by atoms with van der Waals surface area (Å²) in [5.74, 6) is 1.49. The van der Waals surface area contributed by atoms with Crippen LogP contribution in [0.5, 0.6) is 0 Å². The van der Waals surface area contributed by atoms with Gasteiger partial charge in [0.2, 0.25) is 5.95 Å². The highest BCUT2D eigenvalue weighted by molar-refractivity contribution is 5.98. The quantitative estimate of drug-likeness (QED) is 0.206. The second-order valence-electron chi connectivity index (χ2n) is 12.6. The fourth-order valence-corrected chi connectivity index (χ4v) is 6.04. The first kappa shape index (κ1) is 34.5. The van der Waals surface area contributed by atoms with Crippen LogP contribution in [0.1, 0.15) is 32.6 Å². The molecular weight excluding hydrogens is 635 g/mol. The molecule has 0 radical (unpaired) electrons. The van der Waals surface area contributed by atoms with Gasteiger partial charge in [-0.15, -0.1) is 0 Å². The number of morpholine rings is 1. The number of anilines is 3. The van der Waals surface area contributed by atoms with E-state index >= 15 is 0 Å². The van der Waals surface area contributed by atoms with Crippen molar-refractivity contribution in [3.05, 3.63) is 89.0 Å². The number of alkyl halides is 3. The van der Waals surface area contributed by atoms with Gasteiger partial charge < -0.3 is 20.3 Å². The highest BCUT2D eigenvalue weighted by Crippen LogP contribution is 2.34. The molecule has 11 nitrogen and oxygen atoms in total. The minimum atomic E-state index is -4.52. The van der Waals surface area contributed by atoms with E-state index in [-0.39, 0.29) is 24.3 Å². The van der Waals surface area contributed by atoms with Crippen molar-refractivity contribution < 1.29 is 22.7 Å². The molecule has 0 spiro atoms. The number of ether oxygens (including phenoxy) is 1. The maximum Gasteiger partial charge on any atom is 0.416 e. The Kier molecular flexibility index (Phi) is 10.9. The van der Waals surface area contributed by atoms with Gasteiger partial charge in [0.05, 0.1) is 18.8 Å². The maximum absolute atomic E-state index is 14.1. The van der Waals surface area contributed by atoms with Gasteiger partial charge in [0.1, 0.15) is 18.0 Å². The maximum atomic E-state index is 14.1. The van der Waals surface area contributed by atoms with Crippen molar-refractivity contribution in [2.75, 3.05) is 83.3 Å². The van der Waals surface area contributed by atoms with Crippen molar-refractivity contribution in [3.63, 3.8) is 0 Å². The third-order valence-corrected chi connectivity index (χ3v) is 9.02. The summed E-state index contributed by atoms with van der Waals surface area (Å²) in [5, 5.41) is 6.66. The number of likely N-dealkylation sites (N-methyl/N-ethyl adjacent to an activating group) is 1. The van der Waals surface area contributed by atoms with Crippen molar-refractivity contribution in [1.82, 2.24) is 34.2 Å². The molecular formula is C35H42F3N9O2. The second kappa shape index (κ2) is 15.5. The average Bonchev–Trinajstić information content (AvgIpc) is 3.56. The number of piperazine rings is 1. The van der Waals surface area contributed by atoms with Gasteiger partial charge in [-0.05, 0) is 42.8 Å². The Morgan fingerprint density at radius 3 is 2.51 bits per heavy atom. The molecule has 2 fully saturated rings. The van der Waals surface area contributed by atoms with Crippen LogP contribution in [0.3, 0.4) is 0 Å². The molecule has 2 aliphatic rings. The van der Waals surface area contributed by atoms with E-state index in [2.05, 4.69) is 35.4 Å². The monoisotopic (exact) mass is 677 g/mol. The minimum absolute atomic E-state index is 0.156. The SMILES string of the molecule is Cc1ccc(C(=O)Cc2ccc(CN3CCN(C)CC3)c(C(F)(F)F)c2)cc1Nc1nccn1-c1cc(NCCN2CCOCC2)ncn1. The predicted molar refractivity (Wildman–Crippen MR) is 182 cm³/mol. The molecule has 0 aliphatic carbocycles. The van der Waals surface area contributed by atoms with Crippen LogP contribution in [0.15, 0.2) is 61.2 Å². The molecule has 0 unspecified atom stereocenters. The highest BCUT2D eigenvalue weighted by atomic mass is 19.4. The Hall–Kier alpha value is -4.37. The average molecular weight is 678 g/mol. The zero-order valence-corrected chi connectivity index (χ0v) is 27.8. The first-order chi connectivity index (χ1) is 23.6. The molecule has 2 saturated heterocycles. The Bertz CT molecular complexity index is 1730. The van der Waals surface area contributed by atoms with Gasteiger partial charge in [0.15, 0.2) is 5.78 Å². The fourth-order valence-electron chi connectivity index (χ4n) is 6.04. The minimum Gasteiger partial charge on any atom is -0.379 e. The number of nitrogens with zero attached hydrogens (tertiary/aromatic N) is 7. The van der Waals surface area contributed by atoms with E-state index < -0.39 is 11.7 Å². The molecule has 4 heterocycles. The van der Waals surface area contributed by atoms with Crippen LogP contribution in [0, 0.1) is 6.92 Å². The zero-order chi connectivity index (χ0) is 34.4. The van der Waals surface area contributed by atoms with Crippen LogP contribution >= 0.6 is 0 Å². The van der Waals surface area contributed by atoms with Crippen molar-refractivity contribution in [2.24, 2.45) is 0 Å². The predicted octanol–water partition coefficient (Wildman–Crippen LogP) is 4.65. The topological polar surface area (TPSA) is 104 Å². The summed E-state index contributed by atoms with van der Waals surface area (Å²) in [4.78, 5) is 33.2. The number of nitrogens with one attached hydrogen (secondary N) is 2. The van der Waals surface area contributed by atoms with E-state index in [4.69, 9.17) is 4.74 Å². The van der Waals surface area contributed by atoms with E-state index in [1.54, 1.807) is 35.2 Å². The van der Waals surface area contributed by atoms with Crippen molar-refractivity contribution in [2.45, 2.75) is 26.1 Å². The van der Waals surface area contributed by atoms with Gasteiger partial charge in [-0.2, -0.15) is 13.2 Å². The number of aryl methyl sites for hydroxylation is 1. The molecule has 2 aromatic carbocycles. The molecule has 0 saturated carbocycles. The summed E-state index contributed by atoms with van der Waals surface area (Å²) in [6.07, 6.45) is 0.235. The number of aromatic nitrogens is 4. The number of hydrogen-bond acceptors (Lipinski definition) is 10. The molecule has 2 N–H and O–H groups in total.